The fourth-order valence-corrected chi connectivity index (χ4v) is 3.70. The average Bonchev–Trinajstić information content (AvgIpc) is 3.15. The summed E-state index contributed by atoms with van der Waals surface area (Å²) in [5.41, 5.74) is 0.900. The van der Waals surface area contributed by atoms with E-state index in [2.05, 4.69) is 5.32 Å². The molecule has 0 unspecified atom stereocenters. The molecule has 1 N–H and O–H groups in total. The van der Waals surface area contributed by atoms with Crippen LogP contribution < -0.4 is 10.4 Å². The number of carboxylic acids is 1. The van der Waals surface area contributed by atoms with Gasteiger partial charge in [-0.15, -0.1) is 0 Å². The molecule has 2 aliphatic carbocycles. The van der Waals surface area contributed by atoms with Crippen LogP contribution in [-0.2, 0) is 14.3 Å². The first-order valence-electron chi connectivity index (χ1n) is 8.38. The quantitative estimate of drug-likeness (QED) is 0.644. The maximum absolute atomic E-state index is 12.6. The molecule has 1 fully saturated rings. The van der Waals surface area contributed by atoms with Crippen LogP contribution in [0.15, 0.2) is 36.4 Å². The Kier molecular flexibility index (Phi) is 4.61. The van der Waals surface area contributed by atoms with Crippen molar-refractivity contribution in [2.45, 2.75) is 26.4 Å². The summed E-state index contributed by atoms with van der Waals surface area (Å²) >= 11 is 0. The molecule has 0 aliphatic heterocycles. The molecule has 132 valence electrons. The molecule has 1 saturated carbocycles. The van der Waals surface area contributed by atoms with Crippen molar-refractivity contribution in [3.8, 4) is 0 Å². The SMILES string of the molecule is CC(C)OC(=O)c1ccc(NC(=O)[C@H]2[C@@H](C(=O)[O-])[C@H]3C=C[C@@H]2C3)cc1. The molecule has 0 spiro atoms. The Morgan fingerprint density at radius 1 is 1.08 bits per heavy atom. The summed E-state index contributed by atoms with van der Waals surface area (Å²) in [5, 5.41) is 14.1. The second-order valence-electron chi connectivity index (χ2n) is 6.84. The monoisotopic (exact) mass is 342 g/mol. The predicted molar refractivity (Wildman–Crippen MR) is 88.3 cm³/mol. The highest BCUT2D eigenvalue weighted by Crippen LogP contribution is 2.48. The minimum absolute atomic E-state index is 0.0619. The van der Waals surface area contributed by atoms with E-state index >= 15 is 0 Å². The molecule has 1 aromatic rings. The van der Waals surface area contributed by atoms with Gasteiger partial charge < -0.3 is 20.0 Å². The van der Waals surface area contributed by atoms with Crippen molar-refractivity contribution in [2.75, 3.05) is 5.32 Å². The third kappa shape index (κ3) is 3.43. The van der Waals surface area contributed by atoms with E-state index in [1.54, 1.807) is 38.1 Å². The second kappa shape index (κ2) is 6.70. The predicted octanol–water partition coefficient (Wildman–Crippen LogP) is 1.38. The number of carboxylic acid groups (broad SMARTS) is 1. The van der Waals surface area contributed by atoms with E-state index < -0.39 is 23.8 Å². The van der Waals surface area contributed by atoms with Crippen LogP contribution in [-0.4, -0.2) is 23.9 Å². The Labute approximate surface area is 145 Å². The lowest BCUT2D eigenvalue weighted by atomic mass is 9.82. The number of rotatable bonds is 5. The van der Waals surface area contributed by atoms with Crippen molar-refractivity contribution in [1.29, 1.82) is 0 Å². The van der Waals surface area contributed by atoms with E-state index in [0.29, 0.717) is 17.7 Å². The topological polar surface area (TPSA) is 95.5 Å². The average molecular weight is 342 g/mol. The van der Waals surface area contributed by atoms with Crippen molar-refractivity contribution in [3.05, 3.63) is 42.0 Å². The van der Waals surface area contributed by atoms with Gasteiger partial charge in [-0.1, -0.05) is 12.2 Å². The number of carbonyl (C=O) groups is 3. The number of fused-ring (bicyclic) bond motifs is 2. The zero-order valence-electron chi connectivity index (χ0n) is 14.1. The molecule has 2 aliphatic rings. The Bertz CT molecular complexity index is 722. The molecule has 3 rings (SSSR count). The number of hydrogen-bond acceptors (Lipinski definition) is 5. The van der Waals surface area contributed by atoms with Crippen LogP contribution >= 0.6 is 0 Å². The van der Waals surface area contributed by atoms with Crippen LogP contribution in [0.25, 0.3) is 0 Å². The first kappa shape index (κ1) is 17.2. The number of ether oxygens (including phenoxy) is 1. The number of benzene rings is 1. The molecule has 0 aromatic heterocycles. The summed E-state index contributed by atoms with van der Waals surface area (Å²) in [7, 11) is 0. The molecule has 2 bridgehead atoms. The zero-order chi connectivity index (χ0) is 18.1. The number of aliphatic carboxylic acids is 1. The fourth-order valence-electron chi connectivity index (χ4n) is 3.70. The van der Waals surface area contributed by atoms with Crippen molar-refractivity contribution in [2.24, 2.45) is 23.7 Å². The van der Waals surface area contributed by atoms with Crippen LogP contribution in [0, 0.1) is 23.7 Å². The van der Waals surface area contributed by atoms with E-state index in [1.165, 1.54) is 0 Å². The summed E-state index contributed by atoms with van der Waals surface area (Å²) in [6, 6.07) is 6.34. The lowest BCUT2D eigenvalue weighted by Gasteiger charge is -2.27. The van der Waals surface area contributed by atoms with Gasteiger partial charge >= 0.3 is 5.97 Å². The minimum atomic E-state index is -1.18. The van der Waals surface area contributed by atoms with Crippen molar-refractivity contribution in [1.82, 2.24) is 0 Å². The smallest absolute Gasteiger partial charge is 0.338 e. The van der Waals surface area contributed by atoms with Gasteiger partial charge in [-0.2, -0.15) is 0 Å². The Balaban J connectivity index is 1.68. The van der Waals surface area contributed by atoms with Crippen molar-refractivity contribution < 1.29 is 24.2 Å². The van der Waals surface area contributed by atoms with E-state index in [9.17, 15) is 19.5 Å². The molecule has 25 heavy (non-hydrogen) atoms. The molecule has 4 atom stereocenters. The molecule has 6 nitrogen and oxygen atoms in total. The highest BCUT2D eigenvalue weighted by atomic mass is 16.5. The highest BCUT2D eigenvalue weighted by molar-refractivity contribution is 5.97. The number of hydrogen-bond donors (Lipinski definition) is 1. The number of allylic oxidation sites excluding steroid dienone is 2. The first-order valence-corrected chi connectivity index (χ1v) is 8.38. The first-order chi connectivity index (χ1) is 11.9. The Morgan fingerprint density at radius 2 is 1.68 bits per heavy atom. The summed E-state index contributed by atoms with van der Waals surface area (Å²) in [4.78, 5) is 35.8. The molecular formula is C19H20NO5-. The molecule has 0 heterocycles. The van der Waals surface area contributed by atoms with Crippen LogP contribution in [0.2, 0.25) is 0 Å². The summed E-state index contributed by atoms with van der Waals surface area (Å²) in [5.74, 6) is -3.52. The highest BCUT2D eigenvalue weighted by Gasteiger charge is 2.48. The molecule has 0 radical (unpaired) electrons. The lowest BCUT2D eigenvalue weighted by Crippen LogP contribution is -2.42. The van der Waals surface area contributed by atoms with Crippen LogP contribution in [0.1, 0.15) is 30.6 Å². The number of carbonyl (C=O) groups excluding carboxylic acids is 3. The molecule has 0 saturated heterocycles. The number of nitrogens with one attached hydrogen (secondary N) is 1. The van der Waals surface area contributed by atoms with Crippen molar-refractivity contribution in [3.63, 3.8) is 0 Å². The van der Waals surface area contributed by atoms with E-state index in [4.69, 9.17) is 4.74 Å². The summed E-state index contributed by atoms with van der Waals surface area (Å²) in [6.07, 6.45) is 4.25. The largest absolute Gasteiger partial charge is 0.550 e. The molecular weight excluding hydrogens is 322 g/mol. The van der Waals surface area contributed by atoms with E-state index in [-0.39, 0.29) is 23.8 Å². The van der Waals surface area contributed by atoms with E-state index in [1.807, 2.05) is 12.2 Å². The Hall–Kier alpha value is -2.63. The maximum atomic E-state index is 12.6. The van der Waals surface area contributed by atoms with Gasteiger partial charge in [0, 0.05) is 17.6 Å². The maximum Gasteiger partial charge on any atom is 0.338 e. The lowest BCUT2D eigenvalue weighted by molar-refractivity contribution is -0.313. The molecule has 1 aromatic carbocycles. The zero-order valence-corrected chi connectivity index (χ0v) is 14.1. The third-order valence-electron chi connectivity index (χ3n) is 4.77. The van der Waals surface area contributed by atoms with Gasteiger partial charge in [-0.3, -0.25) is 4.79 Å². The van der Waals surface area contributed by atoms with Gasteiger partial charge in [0.2, 0.25) is 5.91 Å². The summed E-state index contributed by atoms with van der Waals surface area (Å²) in [6.45, 7) is 3.54. The van der Waals surface area contributed by atoms with Gasteiger partial charge in [0.05, 0.1) is 17.6 Å². The minimum Gasteiger partial charge on any atom is -0.550 e. The number of esters is 1. The number of amides is 1. The fraction of sp³-hybridized carbons (Fsp3) is 0.421. The third-order valence-corrected chi connectivity index (χ3v) is 4.77. The summed E-state index contributed by atoms with van der Waals surface area (Å²) < 4.78 is 5.11. The van der Waals surface area contributed by atoms with Gasteiger partial charge in [-0.05, 0) is 56.4 Å². The van der Waals surface area contributed by atoms with Gasteiger partial charge in [-0.25, -0.2) is 4.79 Å². The van der Waals surface area contributed by atoms with Crippen molar-refractivity contribution >= 4 is 23.5 Å². The van der Waals surface area contributed by atoms with Crippen LogP contribution in [0.5, 0.6) is 0 Å². The van der Waals surface area contributed by atoms with E-state index in [0.717, 1.165) is 0 Å². The molecule has 1 amide bonds. The standard InChI is InChI=1S/C19H21NO5/c1-10(2)25-19(24)11-5-7-14(8-6-11)20-17(21)15-12-3-4-13(9-12)16(15)18(22)23/h3-8,10,12-13,15-16H,9H2,1-2H3,(H,20,21)(H,22,23)/p-1/t12-,13+,15-,16+/m1/s1. The van der Waals surface area contributed by atoms with Gasteiger partial charge in [0.15, 0.2) is 0 Å². The van der Waals surface area contributed by atoms with Gasteiger partial charge in [0.25, 0.3) is 0 Å². The number of anilines is 1. The normalized spacial score (nSPS) is 26.7. The van der Waals surface area contributed by atoms with Gasteiger partial charge in [0.1, 0.15) is 0 Å². The molecule has 6 heteroatoms. The van der Waals surface area contributed by atoms with Crippen LogP contribution in [0.4, 0.5) is 5.69 Å². The van der Waals surface area contributed by atoms with Crippen LogP contribution in [0.3, 0.4) is 0 Å². The Morgan fingerprint density at radius 3 is 2.24 bits per heavy atom. The second-order valence-corrected chi connectivity index (χ2v) is 6.84.